The van der Waals surface area contributed by atoms with Gasteiger partial charge in [-0.05, 0) is 13.3 Å². The van der Waals surface area contributed by atoms with Crippen LogP contribution in [-0.4, -0.2) is 10.7 Å². The lowest BCUT2D eigenvalue weighted by Gasteiger charge is -2.19. The molecule has 0 saturated carbocycles. The van der Waals surface area contributed by atoms with E-state index in [1.54, 1.807) is 0 Å². The third kappa shape index (κ3) is 6.24. The summed E-state index contributed by atoms with van der Waals surface area (Å²) >= 11 is 0. The average molecular weight is 168 g/mol. The van der Waals surface area contributed by atoms with Gasteiger partial charge in [0, 0.05) is 6.42 Å². The second kappa shape index (κ2) is 6.08. The number of rotatable bonds is 6. The summed E-state index contributed by atoms with van der Waals surface area (Å²) in [5.74, 6) is 2.50. The maximum atomic E-state index is 9.67. The van der Waals surface area contributed by atoms with Crippen LogP contribution in [-0.2, 0) is 0 Å². The molecule has 0 rings (SSSR count). The molecular weight excluding hydrogens is 148 g/mol. The first-order chi connectivity index (χ1) is 5.62. The van der Waals surface area contributed by atoms with Crippen molar-refractivity contribution in [3.8, 4) is 12.3 Å². The highest BCUT2D eigenvalue weighted by atomic mass is 16.3. The third-order valence-electron chi connectivity index (χ3n) is 2.05. The van der Waals surface area contributed by atoms with Gasteiger partial charge in [-0.25, -0.2) is 0 Å². The summed E-state index contributed by atoms with van der Waals surface area (Å²) in [6, 6.07) is 0. The van der Waals surface area contributed by atoms with Crippen LogP contribution in [0.15, 0.2) is 0 Å². The molecule has 0 fully saturated rings. The van der Waals surface area contributed by atoms with Gasteiger partial charge in [-0.1, -0.05) is 32.6 Å². The van der Waals surface area contributed by atoms with Gasteiger partial charge in [-0.2, -0.15) is 0 Å². The van der Waals surface area contributed by atoms with Crippen LogP contribution in [0.5, 0.6) is 0 Å². The smallest absolute Gasteiger partial charge is 0.0728 e. The molecule has 0 aliphatic heterocycles. The first-order valence-corrected chi connectivity index (χ1v) is 4.78. The molecule has 0 aromatic rings. The van der Waals surface area contributed by atoms with Gasteiger partial charge >= 0.3 is 0 Å². The average Bonchev–Trinajstić information content (AvgIpc) is 1.98. The number of hydrogen-bond donors (Lipinski definition) is 1. The van der Waals surface area contributed by atoms with Crippen LogP contribution in [0, 0.1) is 12.3 Å². The van der Waals surface area contributed by atoms with Crippen molar-refractivity contribution in [3.05, 3.63) is 0 Å². The van der Waals surface area contributed by atoms with E-state index in [4.69, 9.17) is 6.42 Å². The van der Waals surface area contributed by atoms with E-state index < -0.39 is 5.60 Å². The molecule has 1 heteroatoms. The summed E-state index contributed by atoms with van der Waals surface area (Å²) < 4.78 is 0. The molecule has 0 radical (unpaired) electrons. The van der Waals surface area contributed by atoms with Crippen molar-refractivity contribution < 1.29 is 5.11 Å². The predicted octanol–water partition coefficient (Wildman–Crippen LogP) is 2.73. The van der Waals surface area contributed by atoms with Gasteiger partial charge in [0.25, 0.3) is 0 Å². The minimum Gasteiger partial charge on any atom is -0.389 e. The quantitative estimate of drug-likeness (QED) is 0.477. The molecule has 0 aromatic carbocycles. The van der Waals surface area contributed by atoms with Crippen molar-refractivity contribution in [1.29, 1.82) is 0 Å². The summed E-state index contributed by atoms with van der Waals surface area (Å²) in [7, 11) is 0. The van der Waals surface area contributed by atoms with Gasteiger partial charge in [0.15, 0.2) is 0 Å². The van der Waals surface area contributed by atoms with E-state index in [1.165, 1.54) is 19.3 Å². The first kappa shape index (κ1) is 11.5. The Labute approximate surface area is 76.2 Å². The van der Waals surface area contributed by atoms with Crippen molar-refractivity contribution in [2.24, 2.45) is 0 Å². The molecule has 0 heterocycles. The van der Waals surface area contributed by atoms with E-state index in [0.717, 1.165) is 12.8 Å². The molecule has 1 N–H and O–H groups in total. The van der Waals surface area contributed by atoms with E-state index in [2.05, 4.69) is 12.8 Å². The second-order valence-electron chi connectivity index (χ2n) is 3.69. The Morgan fingerprint density at radius 3 is 2.50 bits per heavy atom. The standard InChI is InChI=1S/C11H20O/c1-4-6-7-8-10-11(3,12)9-5-2/h2,12H,4,6-10H2,1,3H3. The molecule has 1 nitrogen and oxygen atoms in total. The van der Waals surface area contributed by atoms with Gasteiger partial charge in [-0.3, -0.25) is 0 Å². The Hall–Kier alpha value is -0.480. The monoisotopic (exact) mass is 168 g/mol. The SMILES string of the molecule is C#CCC(C)(O)CCCCCC. The normalized spacial score (nSPS) is 15.2. The number of aliphatic hydroxyl groups is 1. The van der Waals surface area contributed by atoms with E-state index in [9.17, 15) is 5.11 Å². The molecule has 0 bridgehead atoms. The zero-order valence-electron chi connectivity index (χ0n) is 8.27. The molecule has 0 aliphatic carbocycles. The van der Waals surface area contributed by atoms with Crippen molar-refractivity contribution in [2.75, 3.05) is 0 Å². The van der Waals surface area contributed by atoms with Gasteiger partial charge in [0.1, 0.15) is 0 Å². The van der Waals surface area contributed by atoms with Crippen LogP contribution in [0.25, 0.3) is 0 Å². The van der Waals surface area contributed by atoms with Crippen LogP contribution in [0.1, 0.15) is 52.4 Å². The Kier molecular flexibility index (Phi) is 5.84. The second-order valence-corrected chi connectivity index (χ2v) is 3.69. The molecule has 1 atom stereocenters. The highest BCUT2D eigenvalue weighted by Crippen LogP contribution is 2.17. The fourth-order valence-electron chi connectivity index (χ4n) is 1.24. The predicted molar refractivity (Wildman–Crippen MR) is 52.8 cm³/mol. The van der Waals surface area contributed by atoms with Crippen LogP contribution in [0.3, 0.4) is 0 Å². The molecule has 0 aromatic heterocycles. The highest BCUT2D eigenvalue weighted by molar-refractivity contribution is 4.92. The molecule has 0 spiro atoms. The van der Waals surface area contributed by atoms with Crippen LogP contribution < -0.4 is 0 Å². The largest absolute Gasteiger partial charge is 0.389 e. The lowest BCUT2D eigenvalue weighted by Crippen LogP contribution is -2.22. The number of terminal acetylenes is 1. The first-order valence-electron chi connectivity index (χ1n) is 4.78. The summed E-state index contributed by atoms with van der Waals surface area (Å²) in [5, 5.41) is 9.67. The van der Waals surface area contributed by atoms with E-state index in [1.807, 2.05) is 6.92 Å². The maximum Gasteiger partial charge on any atom is 0.0728 e. The Morgan fingerprint density at radius 2 is 2.00 bits per heavy atom. The van der Waals surface area contributed by atoms with E-state index >= 15 is 0 Å². The van der Waals surface area contributed by atoms with Crippen LogP contribution >= 0.6 is 0 Å². The number of hydrogen-bond acceptors (Lipinski definition) is 1. The summed E-state index contributed by atoms with van der Waals surface area (Å²) in [5.41, 5.74) is -0.636. The van der Waals surface area contributed by atoms with Crippen molar-refractivity contribution in [1.82, 2.24) is 0 Å². The number of unbranched alkanes of at least 4 members (excludes halogenated alkanes) is 3. The highest BCUT2D eigenvalue weighted by Gasteiger charge is 2.17. The summed E-state index contributed by atoms with van der Waals surface area (Å²) in [6.07, 6.45) is 11.2. The Balaban J connectivity index is 3.42. The molecule has 0 amide bonds. The summed E-state index contributed by atoms with van der Waals surface area (Å²) in [4.78, 5) is 0. The fraction of sp³-hybridized carbons (Fsp3) is 0.818. The zero-order chi connectivity index (χ0) is 9.45. The van der Waals surface area contributed by atoms with E-state index in [-0.39, 0.29) is 0 Å². The third-order valence-corrected chi connectivity index (χ3v) is 2.05. The van der Waals surface area contributed by atoms with Crippen molar-refractivity contribution >= 4 is 0 Å². The molecule has 0 aliphatic rings. The Bertz CT molecular complexity index is 142. The lowest BCUT2D eigenvalue weighted by atomic mass is 9.95. The van der Waals surface area contributed by atoms with Gasteiger partial charge in [0.05, 0.1) is 5.60 Å². The van der Waals surface area contributed by atoms with Gasteiger partial charge in [0.2, 0.25) is 0 Å². The zero-order valence-corrected chi connectivity index (χ0v) is 8.27. The molecular formula is C11H20O. The van der Waals surface area contributed by atoms with Gasteiger partial charge in [-0.15, -0.1) is 12.3 Å². The van der Waals surface area contributed by atoms with Gasteiger partial charge < -0.3 is 5.11 Å². The minimum absolute atomic E-state index is 0.471. The molecule has 1 unspecified atom stereocenters. The maximum absolute atomic E-state index is 9.67. The van der Waals surface area contributed by atoms with Crippen molar-refractivity contribution in [2.45, 2.75) is 58.0 Å². The van der Waals surface area contributed by atoms with E-state index in [0.29, 0.717) is 6.42 Å². The molecule has 70 valence electrons. The van der Waals surface area contributed by atoms with Crippen molar-refractivity contribution in [3.63, 3.8) is 0 Å². The fourth-order valence-corrected chi connectivity index (χ4v) is 1.24. The summed E-state index contributed by atoms with van der Waals surface area (Å²) in [6.45, 7) is 4.00. The minimum atomic E-state index is -0.636. The van der Waals surface area contributed by atoms with Crippen LogP contribution in [0.4, 0.5) is 0 Å². The topological polar surface area (TPSA) is 20.2 Å². The molecule has 0 saturated heterocycles. The lowest BCUT2D eigenvalue weighted by molar-refractivity contribution is 0.0534. The molecule has 12 heavy (non-hydrogen) atoms. The van der Waals surface area contributed by atoms with Crippen LogP contribution in [0.2, 0.25) is 0 Å². The Morgan fingerprint density at radius 1 is 1.33 bits per heavy atom.